The van der Waals surface area contributed by atoms with Crippen molar-refractivity contribution in [3.05, 3.63) is 48.4 Å². The molecule has 136 valence electrons. The van der Waals surface area contributed by atoms with Gasteiger partial charge in [0.1, 0.15) is 6.61 Å². The summed E-state index contributed by atoms with van der Waals surface area (Å²) in [7, 11) is 0. The minimum Gasteiger partial charge on any atom is -0.485 e. The Morgan fingerprint density at radius 1 is 1.00 bits per heavy atom. The zero-order chi connectivity index (χ0) is 17.9. The summed E-state index contributed by atoms with van der Waals surface area (Å²) < 4.78 is 16.5. The summed E-state index contributed by atoms with van der Waals surface area (Å²) >= 11 is 0. The topological polar surface area (TPSA) is 72.2 Å². The Bertz CT molecular complexity index is 781. The number of rotatable bonds is 4. The maximum absolute atomic E-state index is 12.7. The molecule has 1 aromatic heterocycles. The molecule has 1 atom stereocenters. The zero-order valence-electron chi connectivity index (χ0n) is 14.3. The number of ether oxygens (including phenoxy) is 2. The van der Waals surface area contributed by atoms with Crippen molar-refractivity contribution in [3.63, 3.8) is 0 Å². The van der Waals surface area contributed by atoms with Crippen molar-refractivity contribution in [1.29, 1.82) is 0 Å². The van der Waals surface area contributed by atoms with E-state index in [9.17, 15) is 9.59 Å². The molecule has 2 aliphatic rings. The second-order valence-electron chi connectivity index (χ2n) is 6.37. The van der Waals surface area contributed by atoms with Gasteiger partial charge in [-0.05, 0) is 24.3 Å². The SMILES string of the molecule is O=C(CN1CCN(C(=O)[C@H]2COc3ccccc3O2)CC1)c1ccco1. The van der Waals surface area contributed by atoms with E-state index in [1.807, 2.05) is 23.1 Å². The summed E-state index contributed by atoms with van der Waals surface area (Å²) in [6, 6.07) is 10.7. The number of hydrogen-bond donors (Lipinski definition) is 0. The standard InChI is InChI=1S/C19H20N2O5/c22-14(15-6-3-11-24-15)12-20-7-9-21(10-8-20)19(23)18-13-25-16-4-1-2-5-17(16)26-18/h1-6,11,18H,7-10,12-13H2/t18-/m1/s1. The molecule has 0 saturated carbocycles. The average molecular weight is 356 g/mol. The van der Waals surface area contributed by atoms with E-state index in [4.69, 9.17) is 13.9 Å². The first-order valence-corrected chi connectivity index (χ1v) is 8.67. The molecule has 3 heterocycles. The Balaban J connectivity index is 1.29. The fraction of sp³-hybridized carbons (Fsp3) is 0.368. The highest BCUT2D eigenvalue weighted by molar-refractivity contribution is 5.95. The summed E-state index contributed by atoms with van der Waals surface area (Å²) in [6.45, 7) is 2.92. The predicted octanol–water partition coefficient (Wildman–Crippen LogP) is 1.45. The van der Waals surface area contributed by atoms with Gasteiger partial charge in [0.15, 0.2) is 17.3 Å². The van der Waals surface area contributed by atoms with Gasteiger partial charge in [-0.3, -0.25) is 14.5 Å². The van der Waals surface area contributed by atoms with Crippen LogP contribution in [0.3, 0.4) is 0 Å². The molecule has 2 aliphatic heterocycles. The molecular weight excluding hydrogens is 336 g/mol. The van der Waals surface area contributed by atoms with Gasteiger partial charge in [-0.1, -0.05) is 12.1 Å². The summed E-state index contributed by atoms with van der Waals surface area (Å²) in [6.07, 6.45) is 0.870. The van der Waals surface area contributed by atoms with E-state index in [0.29, 0.717) is 50.0 Å². The van der Waals surface area contributed by atoms with Crippen LogP contribution in [0.25, 0.3) is 0 Å². The Labute approximate surface area is 151 Å². The second kappa shape index (κ2) is 7.21. The first kappa shape index (κ1) is 16.7. The maximum Gasteiger partial charge on any atom is 0.267 e. The minimum atomic E-state index is -0.624. The number of ketones is 1. The number of carbonyl (C=O) groups is 2. The largest absolute Gasteiger partial charge is 0.485 e. The predicted molar refractivity (Wildman–Crippen MR) is 92.4 cm³/mol. The molecule has 1 fully saturated rings. The summed E-state index contributed by atoms with van der Waals surface area (Å²) in [4.78, 5) is 28.6. The number of nitrogens with zero attached hydrogens (tertiary/aromatic N) is 2. The molecule has 0 unspecified atom stereocenters. The normalized spacial score (nSPS) is 20.0. The molecular formula is C19H20N2O5. The summed E-state index contributed by atoms with van der Waals surface area (Å²) in [5, 5.41) is 0. The van der Waals surface area contributed by atoms with Crippen LogP contribution in [-0.2, 0) is 4.79 Å². The van der Waals surface area contributed by atoms with Gasteiger partial charge in [0.2, 0.25) is 11.9 Å². The zero-order valence-corrected chi connectivity index (χ0v) is 14.3. The van der Waals surface area contributed by atoms with Gasteiger partial charge in [0.05, 0.1) is 12.8 Å². The van der Waals surface area contributed by atoms with Crippen molar-refractivity contribution in [2.75, 3.05) is 39.3 Å². The third-order valence-electron chi connectivity index (χ3n) is 4.63. The highest BCUT2D eigenvalue weighted by atomic mass is 16.6. The van der Waals surface area contributed by atoms with E-state index in [2.05, 4.69) is 0 Å². The third kappa shape index (κ3) is 3.43. The van der Waals surface area contributed by atoms with Crippen molar-refractivity contribution in [3.8, 4) is 11.5 Å². The van der Waals surface area contributed by atoms with E-state index in [1.54, 1.807) is 23.1 Å². The average Bonchev–Trinajstić information content (AvgIpc) is 3.23. The van der Waals surface area contributed by atoms with Gasteiger partial charge in [0.25, 0.3) is 5.91 Å². The first-order valence-electron chi connectivity index (χ1n) is 8.67. The van der Waals surface area contributed by atoms with E-state index in [-0.39, 0.29) is 18.3 Å². The van der Waals surface area contributed by atoms with Crippen LogP contribution in [0.1, 0.15) is 10.6 Å². The van der Waals surface area contributed by atoms with Crippen LogP contribution in [0.4, 0.5) is 0 Å². The maximum atomic E-state index is 12.7. The number of hydrogen-bond acceptors (Lipinski definition) is 6. The van der Waals surface area contributed by atoms with Crippen LogP contribution in [-0.4, -0.2) is 66.9 Å². The van der Waals surface area contributed by atoms with Crippen LogP contribution in [0.15, 0.2) is 47.1 Å². The van der Waals surface area contributed by atoms with Crippen molar-refractivity contribution < 1.29 is 23.5 Å². The first-order chi connectivity index (χ1) is 12.7. The molecule has 7 heteroatoms. The Kier molecular flexibility index (Phi) is 4.62. The van der Waals surface area contributed by atoms with Crippen LogP contribution in [0.2, 0.25) is 0 Å². The lowest BCUT2D eigenvalue weighted by Gasteiger charge is -2.36. The Morgan fingerprint density at radius 3 is 2.50 bits per heavy atom. The fourth-order valence-electron chi connectivity index (χ4n) is 3.19. The smallest absolute Gasteiger partial charge is 0.267 e. The highest BCUT2D eigenvalue weighted by Gasteiger charge is 2.33. The van der Waals surface area contributed by atoms with E-state index in [0.717, 1.165) is 0 Å². The van der Waals surface area contributed by atoms with Crippen LogP contribution >= 0.6 is 0 Å². The molecule has 26 heavy (non-hydrogen) atoms. The number of Topliss-reactive ketones (excluding diaryl/α,β-unsaturated/α-hetero) is 1. The molecule has 0 aliphatic carbocycles. The van der Waals surface area contributed by atoms with E-state index < -0.39 is 6.10 Å². The van der Waals surface area contributed by atoms with E-state index >= 15 is 0 Å². The lowest BCUT2D eigenvalue weighted by Crippen LogP contribution is -2.54. The van der Waals surface area contributed by atoms with Crippen molar-refractivity contribution in [2.24, 2.45) is 0 Å². The van der Waals surface area contributed by atoms with Crippen molar-refractivity contribution >= 4 is 11.7 Å². The second-order valence-corrected chi connectivity index (χ2v) is 6.37. The number of furan rings is 1. The number of amides is 1. The third-order valence-corrected chi connectivity index (χ3v) is 4.63. The van der Waals surface area contributed by atoms with Gasteiger partial charge >= 0.3 is 0 Å². The van der Waals surface area contributed by atoms with Crippen molar-refractivity contribution in [2.45, 2.75) is 6.10 Å². The highest BCUT2D eigenvalue weighted by Crippen LogP contribution is 2.31. The molecule has 0 radical (unpaired) electrons. The van der Waals surface area contributed by atoms with Crippen molar-refractivity contribution in [1.82, 2.24) is 9.80 Å². The Morgan fingerprint density at radius 2 is 1.77 bits per heavy atom. The molecule has 2 aromatic rings. The molecule has 0 bridgehead atoms. The number of carbonyl (C=O) groups excluding carboxylic acids is 2. The fourth-order valence-corrected chi connectivity index (χ4v) is 3.19. The van der Waals surface area contributed by atoms with Gasteiger partial charge in [-0.25, -0.2) is 0 Å². The number of piperazine rings is 1. The van der Waals surface area contributed by atoms with Gasteiger partial charge in [-0.2, -0.15) is 0 Å². The number of fused-ring (bicyclic) bond motifs is 1. The monoisotopic (exact) mass is 356 g/mol. The Hall–Kier alpha value is -2.80. The molecule has 4 rings (SSSR count). The molecule has 0 N–H and O–H groups in total. The molecule has 0 spiro atoms. The van der Waals surface area contributed by atoms with E-state index in [1.165, 1.54) is 6.26 Å². The number of para-hydroxylation sites is 2. The van der Waals surface area contributed by atoms with Crippen LogP contribution in [0.5, 0.6) is 11.5 Å². The lowest BCUT2D eigenvalue weighted by molar-refractivity contribution is -0.142. The minimum absolute atomic E-state index is 0.0459. The summed E-state index contributed by atoms with van der Waals surface area (Å²) in [5.41, 5.74) is 0. The van der Waals surface area contributed by atoms with Gasteiger partial charge in [-0.15, -0.1) is 0 Å². The quantitative estimate of drug-likeness (QED) is 0.772. The van der Waals surface area contributed by atoms with Gasteiger partial charge < -0.3 is 18.8 Å². The molecule has 1 aromatic carbocycles. The number of benzene rings is 1. The van der Waals surface area contributed by atoms with Crippen LogP contribution < -0.4 is 9.47 Å². The van der Waals surface area contributed by atoms with Gasteiger partial charge in [0, 0.05) is 26.2 Å². The molecule has 1 saturated heterocycles. The molecule has 7 nitrogen and oxygen atoms in total. The molecule has 1 amide bonds. The van der Waals surface area contributed by atoms with Crippen LogP contribution in [0, 0.1) is 0 Å². The summed E-state index contributed by atoms with van der Waals surface area (Å²) in [5.74, 6) is 1.51. The lowest BCUT2D eigenvalue weighted by atomic mass is 10.2.